The van der Waals surface area contributed by atoms with Gasteiger partial charge in [0.05, 0.1) is 18.1 Å². The Morgan fingerprint density at radius 1 is 1.35 bits per heavy atom. The fourth-order valence-corrected chi connectivity index (χ4v) is 3.22. The molecule has 2 heterocycles. The van der Waals surface area contributed by atoms with Crippen LogP contribution in [-0.4, -0.2) is 41.6 Å². The molecular formula is C16H21N3O. The van der Waals surface area contributed by atoms with E-state index in [0.717, 1.165) is 35.1 Å². The van der Waals surface area contributed by atoms with Crippen molar-refractivity contribution in [3.05, 3.63) is 24.0 Å². The number of imidazole rings is 1. The highest BCUT2D eigenvalue weighted by atomic mass is 16.5. The van der Waals surface area contributed by atoms with Gasteiger partial charge in [-0.15, -0.1) is 0 Å². The van der Waals surface area contributed by atoms with E-state index < -0.39 is 0 Å². The molecule has 2 aromatic rings. The van der Waals surface area contributed by atoms with E-state index in [9.17, 15) is 0 Å². The second-order valence-corrected chi connectivity index (χ2v) is 6.19. The third-order valence-corrected chi connectivity index (χ3v) is 4.58. The van der Waals surface area contributed by atoms with Crippen LogP contribution in [0.1, 0.15) is 31.0 Å². The van der Waals surface area contributed by atoms with E-state index in [4.69, 9.17) is 9.72 Å². The summed E-state index contributed by atoms with van der Waals surface area (Å²) in [7, 11) is 1.70. The predicted molar refractivity (Wildman–Crippen MR) is 79.2 cm³/mol. The van der Waals surface area contributed by atoms with Gasteiger partial charge in [-0.25, -0.2) is 4.98 Å². The third-order valence-electron chi connectivity index (χ3n) is 4.58. The summed E-state index contributed by atoms with van der Waals surface area (Å²) in [6.45, 7) is 3.68. The molecule has 0 spiro atoms. The number of nitrogens with one attached hydrogen (secondary N) is 1. The van der Waals surface area contributed by atoms with Crippen LogP contribution in [0.15, 0.2) is 18.2 Å². The van der Waals surface area contributed by atoms with Gasteiger partial charge in [-0.1, -0.05) is 0 Å². The number of nitrogens with zero attached hydrogens (tertiary/aromatic N) is 2. The van der Waals surface area contributed by atoms with Crippen molar-refractivity contribution in [2.75, 3.05) is 26.7 Å². The fourth-order valence-electron chi connectivity index (χ4n) is 3.22. The van der Waals surface area contributed by atoms with Crippen molar-refractivity contribution in [1.29, 1.82) is 0 Å². The molecule has 2 fully saturated rings. The van der Waals surface area contributed by atoms with E-state index in [2.05, 4.69) is 9.88 Å². The molecule has 1 atom stereocenters. The van der Waals surface area contributed by atoms with Crippen LogP contribution in [0.25, 0.3) is 11.0 Å². The number of aromatic nitrogens is 2. The minimum absolute atomic E-state index is 0.562. The van der Waals surface area contributed by atoms with Gasteiger partial charge in [0, 0.05) is 25.1 Å². The normalized spacial score (nSPS) is 23.6. The van der Waals surface area contributed by atoms with Gasteiger partial charge in [-0.2, -0.15) is 0 Å². The maximum atomic E-state index is 5.27. The van der Waals surface area contributed by atoms with E-state index in [1.54, 1.807) is 7.11 Å². The lowest BCUT2D eigenvalue weighted by Gasteiger charge is -2.14. The van der Waals surface area contributed by atoms with Crippen LogP contribution in [0.2, 0.25) is 0 Å². The first kappa shape index (κ1) is 12.2. The number of hydrogen-bond donors (Lipinski definition) is 1. The molecule has 106 valence electrons. The average molecular weight is 271 g/mol. The zero-order chi connectivity index (χ0) is 13.5. The zero-order valence-corrected chi connectivity index (χ0v) is 11.9. The van der Waals surface area contributed by atoms with Gasteiger partial charge in [-0.3, -0.25) is 0 Å². The van der Waals surface area contributed by atoms with Crippen LogP contribution in [0, 0.1) is 5.92 Å². The molecule has 4 heteroatoms. The molecule has 1 unspecified atom stereocenters. The number of rotatable bonds is 4. The van der Waals surface area contributed by atoms with E-state index in [1.165, 1.54) is 32.4 Å². The highest BCUT2D eigenvalue weighted by Crippen LogP contribution is 2.33. The largest absolute Gasteiger partial charge is 0.497 e. The Balaban J connectivity index is 1.53. The predicted octanol–water partition coefficient (Wildman–Crippen LogP) is 2.77. The molecule has 0 amide bonds. The molecule has 1 aliphatic heterocycles. The maximum absolute atomic E-state index is 5.27. The van der Waals surface area contributed by atoms with E-state index in [0.29, 0.717) is 5.92 Å². The van der Waals surface area contributed by atoms with Crippen LogP contribution < -0.4 is 4.74 Å². The first-order chi connectivity index (χ1) is 9.81. The number of hydrogen-bond acceptors (Lipinski definition) is 3. The Morgan fingerprint density at radius 2 is 2.25 bits per heavy atom. The fraction of sp³-hybridized carbons (Fsp3) is 0.562. The number of benzene rings is 1. The summed E-state index contributed by atoms with van der Waals surface area (Å²) in [5.41, 5.74) is 2.13. The molecule has 4 nitrogen and oxygen atoms in total. The minimum Gasteiger partial charge on any atom is -0.497 e. The summed E-state index contributed by atoms with van der Waals surface area (Å²) in [4.78, 5) is 10.9. The summed E-state index contributed by atoms with van der Waals surface area (Å²) in [5, 5.41) is 0. The maximum Gasteiger partial charge on any atom is 0.121 e. The number of fused-ring (bicyclic) bond motifs is 1. The number of ether oxygens (including phenoxy) is 1. The summed E-state index contributed by atoms with van der Waals surface area (Å²) in [6, 6.07) is 6.04. The van der Waals surface area contributed by atoms with E-state index >= 15 is 0 Å². The van der Waals surface area contributed by atoms with Gasteiger partial charge in [0.1, 0.15) is 11.6 Å². The average Bonchev–Trinajstić information content (AvgIpc) is 3.00. The van der Waals surface area contributed by atoms with Gasteiger partial charge in [0.25, 0.3) is 0 Å². The number of methoxy groups -OCH3 is 1. The van der Waals surface area contributed by atoms with Crippen molar-refractivity contribution in [3.63, 3.8) is 0 Å². The SMILES string of the molecule is COc1ccc2nc(C3CCN(CC4CC4)C3)[nH]c2c1. The van der Waals surface area contributed by atoms with Gasteiger partial charge in [0.15, 0.2) is 0 Å². The first-order valence-corrected chi connectivity index (χ1v) is 7.58. The molecule has 1 aromatic carbocycles. The van der Waals surface area contributed by atoms with Crippen molar-refractivity contribution in [1.82, 2.24) is 14.9 Å². The molecular weight excluding hydrogens is 250 g/mol. The molecule has 0 radical (unpaired) electrons. The minimum atomic E-state index is 0.562. The van der Waals surface area contributed by atoms with Crippen molar-refractivity contribution >= 4 is 11.0 Å². The summed E-state index contributed by atoms with van der Waals surface area (Å²) < 4.78 is 5.27. The molecule has 1 N–H and O–H groups in total. The second-order valence-electron chi connectivity index (χ2n) is 6.19. The number of likely N-dealkylation sites (tertiary alicyclic amines) is 1. The lowest BCUT2D eigenvalue weighted by atomic mass is 10.1. The number of H-pyrrole nitrogens is 1. The quantitative estimate of drug-likeness (QED) is 0.929. The summed E-state index contributed by atoms with van der Waals surface area (Å²) in [5.74, 6) is 3.57. The molecule has 1 aromatic heterocycles. The Bertz CT molecular complexity index is 617. The van der Waals surface area contributed by atoms with Crippen LogP contribution in [0.3, 0.4) is 0 Å². The van der Waals surface area contributed by atoms with Crippen molar-refractivity contribution < 1.29 is 4.74 Å². The van der Waals surface area contributed by atoms with Crippen molar-refractivity contribution in [3.8, 4) is 5.75 Å². The van der Waals surface area contributed by atoms with Crippen LogP contribution in [0.5, 0.6) is 5.75 Å². The Labute approximate surface area is 119 Å². The molecule has 4 rings (SSSR count). The Morgan fingerprint density at radius 3 is 3.05 bits per heavy atom. The molecule has 0 bridgehead atoms. The first-order valence-electron chi connectivity index (χ1n) is 7.58. The van der Waals surface area contributed by atoms with Crippen LogP contribution in [-0.2, 0) is 0 Å². The van der Waals surface area contributed by atoms with Crippen LogP contribution in [0.4, 0.5) is 0 Å². The lowest BCUT2D eigenvalue weighted by Crippen LogP contribution is -2.22. The molecule has 1 saturated heterocycles. The zero-order valence-electron chi connectivity index (χ0n) is 11.9. The van der Waals surface area contributed by atoms with Gasteiger partial charge >= 0.3 is 0 Å². The monoisotopic (exact) mass is 271 g/mol. The highest BCUT2D eigenvalue weighted by molar-refractivity contribution is 5.76. The topological polar surface area (TPSA) is 41.1 Å². The standard InChI is InChI=1S/C16H21N3O/c1-20-13-4-5-14-15(8-13)18-16(17-14)12-6-7-19(10-12)9-11-2-3-11/h4-5,8,11-12H,2-3,6-7,9-10H2,1H3,(H,17,18). The summed E-state index contributed by atoms with van der Waals surface area (Å²) in [6.07, 6.45) is 4.10. The molecule has 1 aliphatic carbocycles. The summed E-state index contributed by atoms with van der Waals surface area (Å²) >= 11 is 0. The molecule has 1 saturated carbocycles. The van der Waals surface area contributed by atoms with Gasteiger partial charge in [0.2, 0.25) is 0 Å². The van der Waals surface area contributed by atoms with E-state index in [-0.39, 0.29) is 0 Å². The van der Waals surface area contributed by atoms with Gasteiger partial charge in [-0.05, 0) is 43.9 Å². The van der Waals surface area contributed by atoms with E-state index in [1.807, 2.05) is 18.2 Å². The highest BCUT2D eigenvalue weighted by Gasteiger charge is 2.30. The smallest absolute Gasteiger partial charge is 0.121 e. The molecule has 2 aliphatic rings. The third kappa shape index (κ3) is 2.29. The second kappa shape index (κ2) is 4.77. The lowest BCUT2D eigenvalue weighted by molar-refractivity contribution is 0.319. The Kier molecular flexibility index (Phi) is 2.91. The van der Waals surface area contributed by atoms with Crippen molar-refractivity contribution in [2.45, 2.75) is 25.2 Å². The number of aromatic amines is 1. The van der Waals surface area contributed by atoms with Gasteiger partial charge < -0.3 is 14.6 Å². The Hall–Kier alpha value is -1.55. The van der Waals surface area contributed by atoms with Crippen LogP contribution >= 0.6 is 0 Å². The van der Waals surface area contributed by atoms with Crippen molar-refractivity contribution in [2.24, 2.45) is 5.92 Å². The molecule has 20 heavy (non-hydrogen) atoms.